The maximum atomic E-state index is 12.3. The van der Waals surface area contributed by atoms with E-state index in [1.807, 2.05) is 4.90 Å². The number of fused-ring (bicyclic) bond motifs is 1. The first-order valence-electron chi connectivity index (χ1n) is 6.93. The molecule has 0 atom stereocenters. The lowest BCUT2D eigenvalue weighted by Gasteiger charge is -2.29. The monoisotopic (exact) mass is 321 g/mol. The zero-order valence-corrected chi connectivity index (χ0v) is 13.1. The van der Waals surface area contributed by atoms with Crippen LogP contribution in [0.4, 0.5) is 5.82 Å². The van der Waals surface area contributed by atoms with E-state index in [0.717, 1.165) is 5.69 Å². The van der Waals surface area contributed by atoms with E-state index in [4.69, 9.17) is 11.6 Å². The minimum Gasteiger partial charge on any atom is -0.383 e. The van der Waals surface area contributed by atoms with Crippen molar-refractivity contribution in [2.24, 2.45) is 0 Å². The number of nitrogens with zero attached hydrogens (tertiary/aromatic N) is 4. The summed E-state index contributed by atoms with van der Waals surface area (Å²) in [5.74, 6) is 0.964. The topological polar surface area (TPSA) is 95.0 Å². The van der Waals surface area contributed by atoms with Gasteiger partial charge in [-0.15, -0.1) is 0 Å². The Morgan fingerprint density at radius 3 is 2.86 bits per heavy atom. The number of anilines is 1. The molecule has 8 heteroatoms. The Kier molecular flexibility index (Phi) is 3.62. The highest BCUT2D eigenvalue weighted by Gasteiger charge is 2.26. The second kappa shape index (κ2) is 5.33. The van der Waals surface area contributed by atoms with E-state index < -0.39 is 5.60 Å². The van der Waals surface area contributed by atoms with Gasteiger partial charge >= 0.3 is 0 Å². The summed E-state index contributed by atoms with van der Waals surface area (Å²) in [5, 5.41) is 10.2. The minimum absolute atomic E-state index is 0.174. The van der Waals surface area contributed by atoms with Crippen molar-refractivity contribution in [3.63, 3.8) is 0 Å². The highest BCUT2D eigenvalue weighted by Crippen LogP contribution is 2.22. The van der Waals surface area contributed by atoms with Gasteiger partial charge in [-0.2, -0.15) is 0 Å². The van der Waals surface area contributed by atoms with E-state index >= 15 is 0 Å². The molecule has 0 unspecified atom stereocenters. The third kappa shape index (κ3) is 2.82. The van der Waals surface area contributed by atoms with Crippen LogP contribution in [0.2, 0.25) is 5.28 Å². The van der Waals surface area contributed by atoms with Crippen molar-refractivity contribution in [1.82, 2.24) is 19.9 Å². The van der Waals surface area contributed by atoms with Crippen LogP contribution >= 0.6 is 11.6 Å². The van der Waals surface area contributed by atoms with Crippen molar-refractivity contribution in [2.45, 2.75) is 32.4 Å². The molecule has 2 aromatic heterocycles. The van der Waals surface area contributed by atoms with E-state index in [1.165, 1.54) is 0 Å². The van der Waals surface area contributed by atoms with Gasteiger partial charge < -0.3 is 15.0 Å². The molecule has 0 saturated carbocycles. The van der Waals surface area contributed by atoms with Crippen molar-refractivity contribution in [2.75, 3.05) is 11.4 Å². The molecule has 0 aromatic carbocycles. The summed E-state index contributed by atoms with van der Waals surface area (Å²) in [6.45, 7) is 4.25. The standard InChI is InChI=1S/C14H16ClN5O2/c1-14(2,22)12-17-9-4-6-20(7-8(9)11(21)19-12)10-3-5-16-13(15)18-10/h3,5,22H,4,6-7H2,1-2H3,(H,17,19,21). The van der Waals surface area contributed by atoms with E-state index in [2.05, 4.69) is 19.9 Å². The number of hydrogen-bond donors (Lipinski definition) is 2. The Bertz CT molecular complexity index is 769. The minimum atomic E-state index is -1.18. The maximum absolute atomic E-state index is 12.3. The number of rotatable bonds is 2. The fraction of sp³-hybridized carbons (Fsp3) is 0.429. The van der Waals surface area contributed by atoms with Gasteiger partial charge in [-0.3, -0.25) is 4.79 Å². The third-order valence-electron chi connectivity index (χ3n) is 3.58. The molecule has 1 aliphatic rings. The third-order valence-corrected chi connectivity index (χ3v) is 3.77. The van der Waals surface area contributed by atoms with Crippen LogP contribution in [-0.4, -0.2) is 31.6 Å². The molecule has 0 bridgehead atoms. The molecule has 0 fully saturated rings. The fourth-order valence-corrected chi connectivity index (χ4v) is 2.56. The summed E-state index contributed by atoms with van der Waals surface area (Å²) in [7, 11) is 0. The Hall–Kier alpha value is -1.99. The summed E-state index contributed by atoms with van der Waals surface area (Å²) in [5.41, 5.74) is -0.0934. The van der Waals surface area contributed by atoms with Gasteiger partial charge in [-0.05, 0) is 31.5 Å². The molecular formula is C14H16ClN5O2. The molecule has 2 aromatic rings. The van der Waals surface area contributed by atoms with Gasteiger partial charge in [0.05, 0.1) is 17.8 Å². The average molecular weight is 322 g/mol. The molecule has 0 amide bonds. The van der Waals surface area contributed by atoms with Crippen LogP contribution in [0.25, 0.3) is 0 Å². The summed E-state index contributed by atoms with van der Waals surface area (Å²) < 4.78 is 0. The number of aliphatic hydroxyl groups is 1. The van der Waals surface area contributed by atoms with Gasteiger partial charge in [0.1, 0.15) is 17.2 Å². The van der Waals surface area contributed by atoms with E-state index in [9.17, 15) is 9.90 Å². The van der Waals surface area contributed by atoms with Crippen molar-refractivity contribution in [1.29, 1.82) is 0 Å². The molecule has 0 aliphatic carbocycles. The van der Waals surface area contributed by atoms with Crippen molar-refractivity contribution < 1.29 is 5.11 Å². The van der Waals surface area contributed by atoms with Crippen LogP contribution in [0, 0.1) is 0 Å². The second-order valence-corrected chi connectivity index (χ2v) is 6.09. The number of halogens is 1. The lowest BCUT2D eigenvalue weighted by atomic mass is 10.0. The van der Waals surface area contributed by atoms with Gasteiger partial charge in [0.25, 0.3) is 5.56 Å². The predicted octanol–water partition coefficient (Wildman–Crippen LogP) is 1.00. The Morgan fingerprint density at radius 1 is 1.41 bits per heavy atom. The normalized spacial score (nSPS) is 14.8. The first-order chi connectivity index (χ1) is 10.3. The summed E-state index contributed by atoms with van der Waals surface area (Å²) in [6.07, 6.45) is 2.18. The second-order valence-electron chi connectivity index (χ2n) is 5.75. The van der Waals surface area contributed by atoms with Gasteiger partial charge in [0.2, 0.25) is 5.28 Å². The van der Waals surface area contributed by atoms with E-state index in [1.54, 1.807) is 26.1 Å². The molecule has 22 heavy (non-hydrogen) atoms. The highest BCUT2D eigenvalue weighted by molar-refractivity contribution is 6.28. The SMILES string of the molecule is CC(C)(O)c1nc2c(c(=O)[nH]1)CN(c1ccnc(Cl)n1)CC2. The molecule has 0 radical (unpaired) electrons. The Morgan fingerprint density at radius 2 is 2.18 bits per heavy atom. The molecular weight excluding hydrogens is 306 g/mol. The molecule has 3 heterocycles. The van der Waals surface area contributed by atoms with Crippen LogP contribution in [0.3, 0.4) is 0 Å². The lowest BCUT2D eigenvalue weighted by molar-refractivity contribution is 0.0680. The van der Waals surface area contributed by atoms with Gasteiger partial charge in [0.15, 0.2) is 0 Å². The summed E-state index contributed by atoms with van der Waals surface area (Å²) >= 11 is 5.81. The average Bonchev–Trinajstić information content (AvgIpc) is 2.46. The highest BCUT2D eigenvalue weighted by atomic mass is 35.5. The molecule has 7 nitrogen and oxygen atoms in total. The maximum Gasteiger partial charge on any atom is 0.256 e. The zero-order chi connectivity index (χ0) is 15.9. The van der Waals surface area contributed by atoms with Crippen LogP contribution in [0.1, 0.15) is 30.9 Å². The Labute approximate surface area is 132 Å². The number of aromatic nitrogens is 4. The molecule has 0 spiro atoms. The summed E-state index contributed by atoms with van der Waals surface area (Å²) in [6, 6.07) is 1.75. The van der Waals surface area contributed by atoms with Crippen LogP contribution in [0.15, 0.2) is 17.1 Å². The number of aromatic amines is 1. The molecule has 3 rings (SSSR count). The van der Waals surface area contributed by atoms with Crippen LogP contribution in [0.5, 0.6) is 0 Å². The van der Waals surface area contributed by atoms with Gasteiger partial charge in [-0.1, -0.05) is 0 Å². The van der Waals surface area contributed by atoms with Crippen molar-refractivity contribution in [3.8, 4) is 0 Å². The quantitative estimate of drug-likeness (QED) is 0.801. The summed E-state index contributed by atoms with van der Waals surface area (Å²) in [4.78, 5) is 29.3. The van der Waals surface area contributed by atoms with Gasteiger partial charge in [0, 0.05) is 19.2 Å². The Balaban J connectivity index is 1.96. The lowest BCUT2D eigenvalue weighted by Crippen LogP contribution is -2.38. The first-order valence-corrected chi connectivity index (χ1v) is 7.31. The van der Waals surface area contributed by atoms with Crippen LogP contribution in [-0.2, 0) is 18.6 Å². The van der Waals surface area contributed by atoms with Crippen LogP contribution < -0.4 is 10.5 Å². The smallest absolute Gasteiger partial charge is 0.256 e. The number of hydrogen-bond acceptors (Lipinski definition) is 6. The fourth-order valence-electron chi connectivity index (χ4n) is 2.41. The van der Waals surface area contributed by atoms with Crippen molar-refractivity contribution >= 4 is 17.4 Å². The molecule has 2 N–H and O–H groups in total. The van der Waals surface area contributed by atoms with E-state index in [-0.39, 0.29) is 16.7 Å². The van der Waals surface area contributed by atoms with Gasteiger partial charge in [-0.25, -0.2) is 15.0 Å². The van der Waals surface area contributed by atoms with E-state index in [0.29, 0.717) is 30.9 Å². The number of nitrogens with one attached hydrogen (secondary N) is 1. The zero-order valence-electron chi connectivity index (χ0n) is 12.3. The molecule has 1 aliphatic heterocycles. The molecule has 0 saturated heterocycles. The predicted molar refractivity (Wildman–Crippen MR) is 81.9 cm³/mol. The number of H-pyrrole nitrogens is 1. The molecule has 116 valence electrons. The first kappa shape index (κ1) is 14.9. The largest absolute Gasteiger partial charge is 0.383 e. The van der Waals surface area contributed by atoms with Crippen molar-refractivity contribution in [3.05, 3.63) is 45.0 Å².